The molecule has 0 heterocycles. The fraction of sp³-hybridized carbons (Fsp3) is 0.0312. The van der Waals surface area contributed by atoms with E-state index in [4.69, 9.17) is 0 Å². The molecule has 4 N–H and O–H groups in total. The van der Waals surface area contributed by atoms with Crippen LogP contribution in [0.15, 0.2) is 120 Å². The lowest BCUT2D eigenvalue weighted by atomic mass is 10.1. The molecule has 0 radical (unpaired) electrons. The van der Waals surface area contributed by atoms with Crippen molar-refractivity contribution in [3.05, 3.63) is 132 Å². The van der Waals surface area contributed by atoms with Crippen molar-refractivity contribution in [1.29, 1.82) is 0 Å². The monoisotopic (exact) mass is 548 g/mol. The molecule has 5 aromatic carbocycles. The van der Waals surface area contributed by atoms with Crippen LogP contribution in [0.1, 0.15) is 31.5 Å². The molecule has 40 heavy (non-hydrogen) atoms. The largest absolute Gasteiger partial charge is 0.507 e. The standard InChI is InChI=1S/C32H24N2O5S/c35-28-17-14-25(19-27(28)32(38)39)34-31(37)29(21-7-2-1-3-8-21)40-26-15-12-24(13-16-26)33-30(36)23-11-10-20-6-4-5-9-22(20)18-23/h1-19,29,35H,(H,33,36)(H,34,37)(H,38,39). The van der Waals surface area contributed by atoms with Crippen LogP contribution in [-0.4, -0.2) is 28.0 Å². The highest BCUT2D eigenvalue weighted by molar-refractivity contribution is 8.00. The molecule has 0 aliphatic carbocycles. The van der Waals surface area contributed by atoms with Crippen molar-refractivity contribution in [2.24, 2.45) is 0 Å². The Hall–Kier alpha value is -5.08. The fourth-order valence-electron chi connectivity index (χ4n) is 4.18. The van der Waals surface area contributed by atoms with Crippen molar-refractivity contribution >= 4 is 51.7 Å². The van der Waals surface area contributed by atoms with Gasteiger partial charge in [-0.15, -0.1) is 11.8 Å². The van der Waals surface area contributed by atoms with Gasteiger partial charge in [0.25, 0.3) is 5.91 Å². The minimum Gasteiger partial charge on any atom is -0.507 e. The van der Waals surface area contributed by atoms with Gasteiger partial charge in [0.2, 0.25) is 5.91 Å². The molecule has 1 unspecified atom stereocenters. The van der Waals surface area contributed by atoms with Crippen LogP contribution in [0, 0.1) is 0 Å². The first-order chi connectivity index (χ1) is 19.4. The number of carboxylic acid groups (broad SMARTS) is 1. The van der Waals surface area contributed by atoms with E-state index in [1.165, 1.54) is 30.0 Å². The second-order valence-electron chi connectivity index (χ2n) is 8.98. The van der Waals surface area contributed by atoms with Gasteiger partial charge in [-0.2, -0.15) is 0 Å². The number of hydrogen-bond acceptors (Lipinski definition) is 5. The second kappa shape index (κ2) is 11.8. The molecule has 0 fully saturated rings. The number of aromatic hydroxyl groups is 1. The summed E-state index contributed by atoms with van der Waals surface area (Å²) in [4.78, 5) is 38.4. The summed E-state index contributed by atoms with van der Waals surface area (Å²) in [6.45, 7) is 0. The minimum absolute atomic E-state index is 0.220. The summed E-state index contributed by atoms with van der Waals surface area (Å²) in [5.41, 5.74) is 1.89. The summed E-state index contributed by atoms with van der Waals surface area (Å²) in [6, 6.07) is 33.7. The molecule has 5 rings (SSSR count). The van der Waals surface area contributed by atoms with E-state index in [1.54, 1.807) is 18.2 Å². The predicted molar refractivity (Wildman–Crippen MR) is 157 cm³/mol. The quantitative estimate of drug-likeness (QED) is 0.123. The van der Waals surface area contributed by atoms with Gasteiger partial charge >= 0.3 is 5.97 Å². The van der Waals surface area contributed by atoms with Crippen LogP contribution in [0.5, 0.6) is 5.75 Å². The number of phenols is 1. The Labute approximate surface area is 234 Å². The Morgan fingerprint density at radius 3 is 2.08 bits per heavy atom. The van der Waals surface area contributed by atoms with Crippen molar-refractivity contribution in [2.75, 3.05) is 10.6 Å². The molecule has 5 aromatic rings. The number of hydrogen-bond donors (Lipinski definition) is 4. The third kappa shape index (κ3) is 6.14. The number of carboxylic acids is 1. The van der Waals surface area contributed by atoms with Crippen molar-refractivity contribution in [2.45, 2.75) is 10.1 Å². The number of carbonyl (C=O) groups excluding carboxylic acids is 2. The summed E-state index contributed by atoms with van der Waals surface area (Å²) < 4.78 is 0. The molecule has 0 aromatic heterocycles. The highest BCUT2D eigenvalue weighted by Crippen LogP contribution is 2.37. The summed E-state index contributed by atoms with van der Waals surface area (Å²) >= 11 is 1.32. The SMILES string of the molecule is O=C(Nc1ccc(SC(C(=O)Nc2ccc(O)c(C(=O)O)c2)c2ccccc2)cc1)c1ccc2ccccc2c1. The van der Waals surface area contributed by atoms with Crippen LogP contribution in [0.25, 0.3) is 10.8 Å². The van der Waals surface area contributed by atoms with Crippen LogP contribution < -0.4 is 10.6 Å². The number of benzene rings is 5. The summed E-state index contributed by atoms with van der Waals surface area (Å²) in [5, 5.41) is 26.1. The van der Waals surface area contributed by atoms with Crippen molar-refractivity contribution in [3.8, 4) is 5.75 Å². The summed E-state index contributed by atoms with van der Waals surface area (Å²) in [5.74, 6) is -2.25. The van der Waals surface area contributed by atoms with E-state index in [-0.39, 0.29) is 28.8 Å². The number of anilines is 2. The Kier molecular flexibility index (Phi) is 7.80. The van der Waals surface area contributed by atoms with Gasteiger partial charge in [-0.1, -0.05) is 60.7 Å². The van der Waals surface area contributed by atoms with Crippen LogP contribution in [0.2, 0.25) is 0 Å². The Morgan fingerprint density at radius 2 is 1.35 bits per heavy atom. The molecule has 0 bridgehead atoms. The van der Waals surface area contributed by atoms with Crippen LogP contribution in [0.3, 0.4) is 0 Å². The Bertz CT molecular complexity index is 1700. The van der Waals surface area contributed by atoms with Gasteiger partial charge in [0, 0.05) is 21.8 Å². The molecular weight excluding hydrogens is 524 g/mol. The lowest BCUT2D eigenvalue weighted by Gasteiger charge is -2.18. The third-order valence-electron chi connectivity index (χ3n) is 6.21. The average molecular weight is 549 g/mol. The normalized spacial score (nSPS) is 11.5. The average Bonchev–Trinajstić information content (AvgIpc) is 2.97. The minimum atomic E-state index is -1.30. The number of rotatable bonds is 8. The maximum Gasteiger partial charge on any atom is 0.339 e. The van der Waals surface area contributed by atoms with Gasteiger partial charge < -0.3 is 20.8 Å². The lowest BCUT2D eigenvalue weighted by Crippen LogP contribution is -2.19. The number of amides is 2. The van der Waals surface area contributed by atoms with Crippen LogP contribution >= 0.6 is 11.8 Å². The molecule has 1 atom stereocenters. The highest BCUT2D eigenvalue weighted by Gasteiger charge is 2.23. The van der Waals surface area contributed by atoms with Crippen molar-refractivity contribution < 1.29 is 24.6 Å². The molecular formula is C32H24N2O5S. The molecule has 0 saturated heterocycles. The Balaban J connectivity index is 1.31. The first-order valence-electron chi connectivity index (χ1n) is 12.4. The van der Waals surface area contributed by atoms with Gasteiger partial charge in [-0.05, 0) is 70.9 Å². The first-order valence-corrected chi connectivity index (χ1v) is 13.2. The predicted octanol–water partition coefficient (Wildman–Crippen LogP) is 6.97. The van der Waals surface area contributed by atoms with E-state index in [0.717, 1.165) is 21.2 Å². The van der Waals surface area contributed by atoms with Gasteiger partial charge in [0.1, 0.15) is 16.6 Å². The number of thioether (sulfide) groups is 1. The van der Waals surface area contributed by atoms with Gasteiger partial charge in [-0.25, -0.2) is 4.79 Å². The maximum atomic E-state index is 13.3. The van der Waals surface area contributed by atoms with E-state index >= 15 is 0 Å². The van der Waals surface area contributed by atoms with Gasteiger partial charge in [-0.3, -0.25) is 9.59 Å². The van der Waals surface area contributed by atoms with E-state index in [9.17, 15) is 24.6 Å². The number of carbonyl (C=O) groups is 3. The number of nitrogens with one attached hydrogen (secondary N) is 2. The molecule has 0 aliphatic heterocycles. The second-order valence-corrected chi connectivity index (χ2v) is 10.2. The Morgan fingerprint density at radius 1 is 0.675 bits per heavy atom. The molecule has 0 spiro atoms. The van der Waals surface area contributed by atoms with E-state index < -0.39 is 11.2 Å². The molecule has 2 amide bonds. The fourth-order valence-corrected chi connectivity index (χ4v) is 5.20. The van der Waals surface area contributed by atoms with Crippen LogP contribution in [0.4, 0.5) is 11.4 Å². The number of aromatic carboxylic acids is 1. The molecule has 0 saturated carbocycles. The zero-order valence-electron chi connectivity index (χ0n) is 21.1. The molecule has 198 valence electrons. The molecule has 7 nitrogen and oxygen atoms in total. The van der Waals surface area contributed by atoms with Crippen molar-refractivity contribution in [1.82, 2.24) is 0 Å². The lowest BCUT2D eigenvalue weighted by molar-refractivity contribution is -0.115. The topological polar surface area (TPSA) is 116 Å². The zero-order valence-corrected chi connectivity index (χ0v) is 21.9. The summed E-state index contributed by atoms with van der Waals surface area (Å²) in [6.07, 6.45) is 0. The van der Waals surface area contributed by atoms with Crippen molar-refractivity contribution in [3.63, 3.8) is 0 Å². The number of fused-ring (bicyclic) bond motifs is 1. The first kappa shape index (κ1) is 26.5. The van der Waals surface area contributed by atoms with Gasteiger partial charge in [0.15, 0.2) is 0 Å². The molecule has 0 aliphatic rings. The zero-order chi connectivity index (χ0) is 28.1. The maximum absolute atomic E-state index is 13.3. The van der Waals surface area contributed by atoms with Gasteiger partial charge in [0.05, 0.1) is 0 Å². The van der Waals surface area contributed by atoms with Crippen LogP contribution in [-0.2, 0) is 4.79 Å². The smallest absolute Gasteiger partial charge is 0.339 e. The van der Waals surface area contributed by atoms with E-state index in [0.29, 0.717) is 11.3 Å². The highest BCUT2D eigenvalue weighted by atomic mass is 32.2. The third-order valence-corrected chi connectivity index (χ3v) is 7.48. The molecule has 8 heteroatoms. The van der Waals surface area contributed by atoms with E-state index in [1.807, 2.05) is 78.9 Å². The summed E-state index contributed by atoms with van der Waals surface area (Å²) in [7, 11) is 0. The van der Waals surface area contributed by atoms with E-state index in [2.05, 4.69) is 10.6 Å².